The standard InChI is InChI=1S/C18H21Cl2N3O2S/c1-10-11(2)26-17(21-10)22-15(24)9-23(18(3,4)5)16(25)12-6-13(19)8-14(20)7-12/h6-8H,9H2,1-5H3,(H,21,22,24). The van der Waals surface area contributed by atoms with Crippen molar-refractivity contribution in [1.29, 1.82) is 0 Å². The molecule has 2 rings (SSSR count). The minimum Gasteiger partial charge on any atom is -0.324 e. The molecule has 0 unspecified atom stereocenters. The quantitative estimate of drug-likeness (QED) is 0.771. The van der Waals surface area contributed by atoms with Gasteiger partial charge in [0.25, 0.3) is 5.91 Å². The zero-order chi connectivity index (χ0) is 19.6. The molecule has 0 saturated carbocycles. The Morgan fingerprint density at radius 2 is 1.73 bits per heavy atom. The van der Waals surface area contributed by atoms with Gasteiger partial charge < -0.3 is 10.2 Å². The van der Waals surface area contributed by atoms with Gasteiger partial charge in [0.15, 0.2) is 5.13 Å². The number of hydrogen-bond acceptors (Lipinski definition) is 4. The molecule has 8 heteroatoms. The second-order valence-electron chi connectivity index (χ2n) is 6.93. The Morgan fingerprint density at radius 3 is 2.19 bits per heavy atom. The number of carbonyl (C=O) groups is 2. The first kappa shape index (κ1) is 20.7. The number of nitrogens with zero attached hydrogens (tertiary/aromatic N) is 2. The summed E-state index contributed by atoms with van der Waals surface area (Å²) in [5, 5.41) is 4.02. The molecule has 140 valence electrons. The number of aromatic nitrogens is 1. The highest BCUT2D eigenvalue weighted by Crippen LogP contribution is 2.24. The fraction of sp³-hybridized carbons (Fsp3) is 0.389. The van der Waals surface area contributed by atoms with Gasteiger partial charge in [0.1, 0.15) is 6.54 Å². The van der Waals surface area contributed by atoms with Crippen LogP contribution in [0.15, 0.2) is 18.2 Å². The Morgan fingerprint density at radius 1 is 1.15 bits per heavy atom. The summed E-state index contributed by atoms with van der Waals surface area (Å²) in [6.45, 7) is 9.31. The number of thiazole rings is 1. The van der Waals surface area contributed by atoms with Gasteiger partial charge in [0.2, 0.25) is 5.91 Å². The molecule has 0 aliphatic rings. The summed E-state index contributed by atoms with van der Waals surface area (Å²) in [5.41, 5.74) is 0.645. The van der Waals surface area contributed by atoms with Gasteiger partial charge in [0, 0.05) is 26.0 Å². The SMILES string of the molecule is Cc1nc(NC(=O)CN(C(=O)c2cc(Cl)cc(Cl)c2)C(C)(C)C)sc1C. The Labute approximate surface area is 167 Å². The monoisotopic (exact) mass is 413 g/mol. The van der Waals surface area contributed by atoms with Crippen LogP contribution < -0.4 is 5.32 Å². The van der Waals surface area contributed by atoms with Gasteiger partial charge in [0.05, 0.1) is 5.69 Å². The highest BCUT2D eigenvalue weighted by Gasteiger charge is 2.30. The van der Waals surface area contributed by atoms with Crippen LogP contribution in [0.2, 0.25) is 10.0 Å². The second-order valence-corrected chi connectivity index (χ2v) is 9.01. The normalized spacial score (nSPS) is 11.3. The average molecular weight is 414 g/mol. The van der Waals surface area contributed by atoms with Crippen molar-refractivity contribution >= 4 is 51.5 Å². The number of benzene rings is 1. The molecule has 0 fully saturated rings. The van der Waals surface area contributed by atoms with Crippen molar-refractivity contribution < 1.29 is 9.59 Å². The third-order valence-electron chi connectivity index (χ3n) is 3.74. The number of carbonyl (C=O) groups excluding carboxylic acids is 2. The molecular formula is C18H21Cl2N3O2S. The maximum atomic E-state index is 13.0. The van der Waals surface area contributed by atoms with E-state index in [0.717, 1.165) is 10.6 Å². The fourth-order valence-electron chi connectivity index (χ4n) is 2.28. The molecule has 1 aromatic heterocycles. The van der Waals surface area contributed by atoms with Crippen molar-refractivity contribution in [2.45, 2.75) is 40.2 Å². The zero-order valence-corrected chi connectivity index (χ0v) is 17.6. The number of halogens is 2. The van der Waals surface area contributed by atoms with Gasteiger partial charge in [-0.2, -0.15) is 0 Å². The number of hydrogen-bond donors (Lipinski definition) is 1. The van der Waals surface area contributed by atoms with Crippen LogP contribution in [0.25, 0.3) is 0 Å². The largest absolute Gasteiger partial charge is 0.324 e. The van der Waals surface area contributed by atoms with Crippen LogP contribution in [0.4, 0.5) is 5.13 Å². The predicted molar refractivity (Wildman–Crippen MR) is 107 cm³/mol. The second kappa shape index (κ2) is 7.94. The van der Waals surface area contributed by atoms with Gasteiger partial charge in [-0.15, -0.1) is 11.3 Å². The first-order valence-corrected chi connectivity index (χ1v) is 9.56. The van der Waals surface area contributed by atoms with Crippen molar-refractivity contribution in [2.24, 2.45) is 0 Å². The highest BCUT2D eigenvalue weighted by atomic mass is 35.5. The average Bonchev–Trinajstić information content (AvgIpc) is 2.80. The molecule has 2 aromatic rings. The summed E-state index contributed by atoms with van der Waals surface area (Å²) in [6, 6.07) is 4.64. The first-order valence-electron chi connectivity index (χ1n) is 7.99. The molecule has 1 heterocycles. The molecular weight excluding hydrogens is 393 g/mol. The molecule has 0 aliphatic carbocycles. The molecule has 0 radical (unpaired) electrons. The topological polar surface area (TPSA) is 62.3 Å². The van der Waals surface area contributed by atoms with Crippen LogP contribution in [-0.2, 0) is 4.79 Å². The van der Waals surface area contributed by atoms with Crippen molar-refractivity contribution in [3.05, 3.63) is 44.4 Å². The molecule has 0 spiro atoms. The molecule has 1 N–H and O–H groups in total. The van der Waals surface area contributed by atoms with Crippen LogP contribution in [0.3, 0.4) is 0 Å². The van der Waals surface area contributed by atoms with Gasteiger partial charge in [-0.1, -0.05) is 23.2 Å². The Bertz CT molecular complexity index is 804. The zero-order valence-electron chi connectivity index (χ0n) is 15.3. The Hall–Kier alpha value is -1.63. The van der Waals surface area contributed by atoms with Crippen LogP contribution in [0.5, 0.6) is 0 Å². The maximum absolute atomic E-state index is 13.0. The van der Waals surface area contributed by atoms with E-state index in [0.29, 0.717) is 20.7 Å². The van der Waals surface area contributed by atoms with E-state index in [4.69, 9.17) is 23.2 Å². The number of rotatable bonds is 4. The van der Waals surface area contributed by atoms with Gasteiger partial charge in [-0.05, 0) is 52.8 Å². The number of nitrogens with one attached hydrogen (secondary N) is 1. The van der Waals surface area contributed by atoms with E-state index in [9.17, 15) is 9.59 Å². The summed E-state index contributed by atoms with van der Waals surface area (Å²) in [7, 11) is 0. The van der Waals surface area contributed by atoms with Crippen molar-refractivity contribution in [2.75, 3.05) is 11.9 Å². The fourth-order valence-corrected chi connectivity index (χ4v) is 3.63. The van der Waals surface area contributed by atoms with Crippen LogP contribution >= 0.6 is 34.5 Å². The van der Waals surface area contributed by atoms with Crippen molar-refractivity contribution in [3.8, 4) is 0 Å². The lowest BCUT2D eigenvalue weighted by atomic mass is 10.0. The van der Waals surface area contributed by atoms with E-state index >= 15 is 0 Å². The minimum atomic E-state index is -0.571. The lowest BCUT2D eigenvalue weighted by molar-refractivity contribution is -0.117. The van der Waals surface area contributed by atoms with Crippen LogP contribution in [0, 0.1) is 13.8 Å². The minimum absolute atomic E-state index is 0.107. The van der Waals surface area contributed by atoms with E-state index < -0.39 is 5.54 Å². The number of aryl methyl sites for hydroxylation is 2. The molecule has 0 aliphatic heterocycles. The highest BCUT2D eigenvalue weighted by molar-refractivity contribution is 7.15. The van der Waals surface area contributed by atoms with E-state index in [-0.39, 0.29) is 18.4 Å². The summed E-state index contributed by atoms with van der Waals surface area (Å²) >= 11 is 13.4. The smallest absolute Gasteiger partial charge is 0.254 e. The number of anilines is 1. The summed E-state index contributed by atoms with van der Waals surface area (Å²) in [5.74, 6) is -0.626. The first-order chi connectivity index (χ1) is 12.0. The van der Waals surface area contributed by atoms with Gasteiger partial charge >= 0.3 is 0 Å². The van der Waals surface area contributed by atoms with E-state index in [2.05, 4.69) is 10.3 Å². The molecule has 0 atom stereocenters. The molecule has 1 aromatic carbocycles. The lowest BCUT2D eigenvalue weighted by Gasteiger charge is -2.35. The number of amides is 2. The summed E-state index contributed by atoms with van der Waals surface area (Å²) in [6.07, 6.45) is 0. The van der Waals surface area contributed by atoms with Crippen molar-refractivity contribution in [1.82, 2.24) is 9.88 Å². The molecule has 5 nitrogen and oxygen atoms in total. The lowest BCUT2D eigenvalue weighted by Crippen LogP contribution is -2.49. The molecule has 2 amide bonds. The van der Waals surface area contributed by atoms with E-state index in [1.807, 2.05) is 34.6 Å². The van der Waals surface area contributed by atoms with E-state index in [1.54, 1.807) is 18.2 Å². The summed E-state index contributed by atoms with van der Waals surface area (Å²) < 4.78 is 0. The van der Waals surface area contributed by atoms with Crippen LogP contribution in [0.1, 0.15) is 41.7 Å². The third-order valence-corrected chi connectivity index (χ3v) is 5.17. The molecule has 26 heavy (non-hydrogen) atoms. The van der Waals surface area contributed by atoms with Crippen LogP contribution in [-0.4, -0.2) is 33.8 Å². The Balaban J connectivity index is 2.21. The Kier molecular flexibility index (Phi) is 6.32. The predicted octanol–water partition coefficient (Wildman–Crippen LogP) is 4.95. The van der Waals surface area contributed by atoms with Gasteiger partial charge in [-0.25, -0.2) is 4.98 Å². The van der Waals surface area contributed by atoms with Crippen molar-refractivity contribution in [3.63, 3.8) is 0 Å². The molecule has 0 saturated heterocycles. The molecule has 0 bridgehead atoms. The maximum Gasteiger partial charge on any atom is 0.254 e. The third kappa shape index (κ3) is 5.19. The van der Waals surface area contributed by atoms with Gasteiger partial charge in [-0.3, -0.25) is 9.59 Å². The summed E-state index contributed by atoms with van der Waals surface area (Å²) in [4.78, 5) is 32.2. The van der Waals surface area contributed by atoms with E-state index in [1.165, 1.54) is 16.2 Å².